The van der Waals surface area contributed by atoms with E-state index in [0.717, 1.165) is 0 Å². The Balaban J connectivity index is 2.27. The van der Waals surface area contributed by atoms with Crippen LogP contribution in [0.15, 0.2) is 35.4 Å². The molecule has 0 unspecified atom stereocenters. The van der Waals surface area contributed by atoms with Gasteiger partial charge in [0.1, 0.15) is 5.75 Å². The standard InChI is InChI=1S/C13H16ClN3O3S/c1-9(2)17-7-6-13(15-17)16-21(18,19)10-4-5-12(20-3)11(14)8-10/h4-9H,1-3H3,(H,15,16). The molecule has 2 aromatic rings. The van der Waals surface area contributed by atoms with E-state index in [0.29, 0.717) is 5.75 Å². The van der Waals surface area contributed by atoms with E-state index >= 15 is 0 Å². The Morgan fingerprint density at radius 3 is 2.57 bits per heavy atom. The summed E-state index contributed by atoms with van der Waals surface area (Å²) < 4.78 is 33.6. The van der Waals surface area contributed by atoms with E-state index in [4.69, 9.17) is 16.3 Å². The summed E-state index contributed by atoms with van der Waals surface area (Å²) in [6, 6.07) is 6.01. The number of ether oxygens (including phenoxy) is 1. The van der Waals surface area contributed by atoms with Gasteiger partial charge in [-0.25, -0.2) is 8.42 Å². The van der Waals surface area contributed by atoms with E-state index < -0.39 is 10.0 Å². The maximum Gasteiger partial charge on any atom is 0.263 e. The van der Waals surface area contributed by atoms with Gasteiger partial charge in [-0.3, -0.25) is 9.40 Å². The second-order valence-corrected chi connectivity index (χ2v) is 6.77. The van der Waals surface area contributed by atoms with Gasteiger partial charge in [-0.05, 0) is 32.0 Å². The van der Waals surface area contributed by atoms with Crippen LogP contribution in [0.5, 0.6) is 5.75 Å². The number of hydrogen-bond donors (Lipinski definition) is 1. The average Bonchev–Trinajstić information content (AvgIpc) is 2.86. The molecule has 0 aliphatic carbocycles. The van der Waals surface area contributed by atoms with Crippen molar-refractivity contribution in [1.29, 1.82) is 0 Å². The van der Waals surface area contributed by atoms with E-state index in [1.807, 2.05) is 13.8 Å². The molecule has 1 aromatic heterocycles. The molecule has 0 amide bonds. The predicted octanol–water partition coefficient (Wildman–Crippen LogP) is 2.93. The largest absolute Gasteiger partial charge is 0.495 e. The summed E-state index contributed by atoms with van der Waals surface area (Å²) in [5.74, 6) is 0.676. The summed E-state index contributed by atoms with van der Waals surface area (Å²) in [5.41, 5.74) is 0. The third kappa shape index (κ3) is 3.48. The zero-order valence-electron chi connectivity index (χ0n) is 11.9. The normalized spacial score (nSPS) is 11.7. The van der Waals surface area contributed by atoms with Crippen molar-refractivity contribution in [2.75, 3.05) is 11.8 Å². The van der Waals surface area contributed by atoms with E-state index in [-0.39, 0.29) is 21.8 Å². The molecule has 2 rings (SSSR count). The van der Waals surface area contributed by atoms with Gasteiger partial charge in [0.25, 0.3) is 10.0 Å². The molecule has 0 aliphatic rings. The fourth-order valence-electron chi connectivity index (χ4n) is 1.69. The molecule has 114 valence electrons. The highest BCUT2D eigenvalue weighted by Crippen LogP contribution is 2.27. The molecule has 21 heavy (non-hydrogen) atoms. The monoisotopic (exact) mass is 329 g/mol. The zero-order valence-corrected chi connectivity index (χ0v) is 13.4. The molecule has 1 aromatic carbocycles. The predicted molar refractivity (Wildman–Crippen MR) is 81.4 cm³/mol. The van der Waals surface area contributed by atoms with E-state index in [1.165, 1.54) is 25.3 Å². The molecule has 0 atom stereocenters. The molecule has 1 heterocycles. The number of anilines is 1. The minimum Gasteiger partial charge on any atom is -0.495 e. The Labute approximate surface area is 128 Å². The third-order valence-electron chi connectivity index (χ3n) is 2.81. The number of nitrogens with zero attached hydrogens (tertiary/aromatic N) is 2. The van der Waals surface area contributed by atoms with Crippen molar-refractivity contribution in [1.82, 2.24) is 9.78 Å². The van der Waals surface area contributed by atoms with Crippen LogP contribution in [0.3, 0.4) is 0 Å². The first-order valence-corrected chi connectivity index (χ1v) is 8.11. The number of methoxy groups -OCH3 is 1. The maximum absolute atomic E-state index is 12.3. The quantitative estimate of drug-likeness (QED) is 0.915. The van der Waals surface area contributed by atoms with Crippen LogP contribution in [-0.2, 0) is 10.0 Å². The fourth-order valence-corrected chi connectivity index (χ4v) is 3.04. The lowest BCUT2D eigenvalue weighted by Crippen LogP contribution is -2.14. The van der Waals surface area contributed by atoms with Crippen molar-refractivity contribution < 1.29 is 13.2 Å². The van der Waals surface area contributed by atoms with Crippen LogP contribution in [0.4, 0.5) is 5.82 Å². The van der Waals surface area contributed by atoms with Gasteiger partial charge >= 0.3 is 0 Å². The first kappa shape index (κ1) is 15.7. The maximum atomic E-state index is 12.3. The summed E-state index contributed by atoms with van der Waals surface area (Å²) in [7, 11) is -2.27. The summed E-state index contributed by atoms with van der Waals surface area (Å²) in [5, 5.41) is 4.38. The van der Waals surface area contributed by atoms with Crippen LogP contribution in [0.1, 0.15) is 19.9 Å². The van der Waals surface area contributed by atoms with Gasteiger partial charge in [0.05, 0.1) is 17.0 Å². The Hall–Kier alpha value is -1.73. The van der Waals surface area contributed by atoms with Crippen LogP contribution in [0, 0.1) is 0 Å². The SMILES string of the molecule is COc1ccc(S(=O)(=O)Nc2ccn(C(C)C)n2)cc1Cl. The third-order valence-corrected chi connectivity index (χ3v) is 4.46. The van der Waals surface area contributed by atoms with Gasteiger partial charge in [-0.2, -0.15) is 5.10 Å². The molecule has 0 spiro atoms. The molecule has 0 bridgehead atoms. The van der Waals surface area contributed by atoms with Crippen LogP contribution in [0.2, 0.25) is 5.02 Å². The van der Waals surface area contributed by atoms with E-state index in [2.05, 4.69) is 9.82 Å². The van der Waals surface area contributed by atoms with Crippen molar-refractivity contribution in [3.8, 4) is 5.75 Å². The number of sulfonamides is 1. The number of rotatable bonds is 5. The van der Waals surface area contributed by atoms with Crippen molar-refractivity contribution in [2.45, 2.75) is 24.8 Å². The Kier molecular flexibility index (Phi) is 4.43. The van der Waals surface area contributed by atoms with Crippen LogP contribution in [-0.4, -0.2) is 25.3 Å². The summed E-state index contributed by atoms with van der Waals surface area (Å²) in [6.45, 7) is 3.91. The molecular weight excluding hydrogens is 314 g/mol. The van der Waals surface area contributed by atoms with Gasteiger partial charge in [0.15, 0.2) is 5.82 Å². The highest BCUT2D eigenvalue weighted by atomic mass is 35.5. The second-order valence-electron chi connectivity index (χ2n) is 4.68. The first-order valence-electron chi connectivity index (χ1n) is 6.25. The van der Waals surface area contributed by atoms with Gasteiger partial charge in [0, 0.05) is 18.3 Å². The molecule has 0 saturated carbocycles. The highest BCUT2D eigenvalue weighted by molar-refractivity contribution is 7.92. The van der Waals surface area contributed by atoms with Gasteiger partial charge in [0.2, 0.25) is 0 Å². The van der Waals surface area contributed by atoms with E-state index in [1.54, 1.807) is 16.9 Å². The Bertz CT molecular complexity index is 741. The molecule has 0 aliphatic heterocycles. The molecular formula is C13H16ClN3O3S. The molecule has 0 radical (unpaired) electrons. The van der Waals surface area contributed by atoms with Crippen LogP contribution in [0.25, 0.3) is 0 Å². The van der Waals surface area contributed by atoms with Crippen molar-refractivity contribution in [3.05, 3.63) is 35.5 Å². The zero-order chi connectivity index (χ0) is 15.6. The smallest absolute Gasteiger partial charge is 0.263 e. The first-order chi connectivity index (χ1) is 9.83. The number of aromatic nitrogens is 2. The number of hydrogen-bond acceptors (Lipinski definition) is 4. The summed E-state index contributed by atoms with van der Waals surface area (Å²) >= 11 is 5.95. The summed E-state index contributed by atoms with van der Waals surface area (Å²) in [6.07, 6.45) is 1.71. The van der Waals surface area contributed by atoms with Gasteiger partial charge < -0.3 is 4.74 Å². The topological polar surface area (TPSA) is 73.2 Å². The highest BCUT2D eigenvalue weighted by Gasteiger charge is 2.17. The number of nitrogens with one attached hydrogen (secondary N) is 1. The van der Waals surface area contributed by atoms with Crippen LogP contribution < -0.4 is 9.46 Å². The Morgan fingerprint density at radius 1 is 1.33 bits per heavy atom. The van der Waals surface area contributed by atoms with Crippen molar-refractivity contribution in [3.63, 3.8) is 0 Å². The van der Waals surface area contributed by atoms with Crippen molar-refractivity contribution in [2.24, 2.45) is 0 Å². The number of halogens is 1. The molecule has 0 saturated heterocycles. The fraction of sp³-hybridized carbons (Fsp3) is 0.308. The lowest BCUT2D eigenvalue weighted by molar-refractivity contribution is 0.414. The lowest BCUT2D eigenvalue weighted by Gasteiger charge is -2.08. The van der Waals surface area contributed by atoms with Crippen LogP contribution >= 0.6 is 11.6 Å². The lowest BCUT2D eigenvalue weighted by atomic mass is 10.3. The van der Waals surface area contributed by atoms with E-state index in [9.17, 15) is 8.42 Å². The van der Waals surface area contributed by atoms with Gasteiger partial charge in [-0.1, -0.05) is 11.6 Å². The minimum atomic E-state index is -3.74. The molecule has 1 N–H and O–H groups in total. The molecule has 6 nitrogen and oxygen atoms in total. The minimum absolute atomic E-state index is 0.0485. The van der Waals surface area contributed by atoms with Crippen molar-refractivity contribution >= 4 is 27.4 Å². The molecule has 8 heteroatoms. The Morgan fingerprint density at radius 2 is 2.05 bits per heavy atom. The number of benzene rings is 1. The van der Waals surface area contributed by atoms with Gasteiger partial charge in [-0.15, -0.1) is 0 Å². The average molecular weight is 330 g/mol. The second kappa shape index (κ2) is 5.95. The molecule has 0 fully saturated rings. The summed E-state index contributed by atoms with van der Waals surface area (Å²) in [4.78, 5) is 0.0485.